The van der Waals surface area contributed by atoms with Gasteiger partial charge < -0.3 is 4.52 Å². The Balaban J connectivity index is 1.82. The minimum atomic E-state index is -3.48. The summed E-state index contributed by atoms with van der Waals surface area (Å²) in [5.41, 5.74) is 1.22. The first-order valence-electron chi connectivity index (χ1n) is 7.13. The third kappa shape index (κ3) is 3.05. The van der Waals surface area contributed by atoms with Crippen LogP contribution in [-0.2, 0) is 15.8 Å². The van der Waals surface area contributed by atoms with Crippen molar-refractivity contribution < 1.29 is 17.3 Å². The Hall–Kier alpha value is -1.73. The van der Waals surface area contributed by atoms with Gasteiger partial charge in [0.2, 0.25) is 10.0 Å². The highest BCUT2D eigenvalue weighted by atomic mass is 32.2. The van der Waals surface area contributed by atoms with Gasteiger partial charge in [0.15, 0.2) is 0 Å². The van der Waals surface area contributed by atoms with E-state index in [4.69, 9.17) is 4.52 Å². The number of rotatable bonds is 4. The molecule has 2 heterocycles. The Kier molecular flexibility index (Phi) is 4.01. The number of hydrogen-bond donors (Lipinski definition) is 0. The van der Waals surface area contributed by atoms with E-state index >= 15 is 0 Å². The normalized spacial score (nSPS) is 19.6. The SMILES string of the molecule is Cc1cc([C@H]2CCCN2S(=O)(=O)Cc2ccc(F)cc2)no1. The molecule has 0 bridgehead atoms. The lowest BCUT2D eigenvalue weighted by molar-refractivity contribution is 0.349. The smallest absolute Gasteiger partial charge is 0.218 e. The monoisotopic (exact) mass is 324 g/mol. The average molecular weight is 324 g/mol. The fraction of sp³-hybridized carbons (Fsp3) is 0.400. The fourth-order valence-electron chi connectivity index (χ4n) is 2.79. The molecule has 0 unspecified atom stereocenters. The molecular weight excluding hydrogens is 307 g/mol. The lowest BCUT2D eigenvalue weighted by Gasteiger charge is -2.22. The number of nitrogens with zero attached hydrogens (tertiary/aromatic N) is 2. The van der Waals surface area contributed by atoms with E-state index in [-0.39, 0.29) is 17.6 Å². The van der Waals surface area contributed by atoms with Gasteiger partial charge in [-0.05, 0) is 37.5 Å². The summed E-state index contributed by atoms with van der Waals surface area (Å²) in [4.78, 5) is 0. The van der Waals surface area contributed by atoms with Crippen LogP contribution in [0.5, 0.6) is 0 Å². The zero-order chi connectivity index (χ0) is 15.7. The Bertz CT molecular complexity index is 755. The van der Waals surface area contributed by atoms with E-state index < -0.39 is 10.0 Å². The Morgan fingerprint density at radius 3 is 2.73 bits per heavy atom. The molecule has 0 amide bonds. The summed E-state index contributed by atoms with van der Waals surface area (Å²) in [6.07, 6.45) is 1.52. The van der Waals surface area contributed by atoms with E-state index in [1.807, 2.05) is 0 Å². The second-order valence-electron chi connectivity index (χ2n) is 5.51. The van der Waals surface area contributed by atoms with Gasteiger partial charge in [-0.2, -0.15) is 4.31 Å². The molecule has 3 rings (SSSR count). The average Bonchev–Trinajstić information content (AvgIpc) is 3.09. The number of aromatic nitrogens is 1. The molecule has 1 atom stereocenters. The summed E-state index contributed by atoms with van der Waals surface area (Å²) in [6, 6.07) is 7.04. The summed E-state index contributed by atoms with van der Waals surface area (Å²) in [6.45, 7) is 2.25. The highest BCUT2D eigenvalue weighted by Gasteiger charge is 2.36. The first-order valence-corrected chi connectivity index (χ1v) is 8.74. The van der Waals surface area contributed by atoms with Crippen molar-refractivity contribution in [1.29, 1.82) is 0 Å². The molecule has 1 saturated heterocycles. The van der Waals surface area contributed by atoms with Crippen LogP contribution in [0.1, 0.15) is 35.9 Å². The molecule has 5 nitrogen and oxygen atoms in total. The van der Waals surface area contributed by atoms with Crippen molar-refractivity contribution in [1.82, 2.24) is 9.46 Å². The standard InChI is InChI=1S/C15H17FN2O3S/c1-11-9-14(17-21-11)15-3-2-8-18(15)22(19,20)10-12-4-6-13(16)7-5-12/h4-7,9,15H,2-3,8,10H2,1H3/t15-/m1/s1. The lowest BCUT2D eigenvalue weighted by Crippen LogP contribution is -2.31. The second-order valence-corrected chi connectivity index (χ2v) is 7.44. The molecule has 0 aliphatic carbocycles. The molecule has 1 aliphatic rings. The molecule has 1 fully saturated rings. The first kappa shape index (κ1) is 15.2. The highest BCUT2D eigenvalue weighted by Crippen LogP contribution is 2.34. The Morgan fingerprint density at radius 1 is 1.36 bits per heavy atom. The predicted molar refractivity (Wildman–Crippen MR) is 78.9 cm³/mol. The third-order valence-corrected chi connectivity index (χ3v) is 5.66. The van der Waals surface area contributed by atoms with Crippen LogP contribution in [0.3, 0.4) is 0 Å². The van der Waals surface area contributed by atoms with Crippen LogP contribution in [-0.4, -0.2) is 24.4 Å². The van der Waals surface area contributed by atoms with Crippen molar-refractivity contribution in [3.63, 3.8) is 0 Å². The number of hydrogen-bond acceptors (Lipinski definition) is 4. The first-order chi connectivity index (χ1) is 10.5. The molecule has 22 heavy (non-hydrogen) atoms. The Morgan fingerprint density at radius 2 is 2.09 bits per heavy atom. The number of benzene rings is 1. The maximum atomic E-state index is 12.9. The van der Waals surface area contributed by atoms with E-state index in [0.29, 0.717) is 23.6 Å². The van der Waals surface area contributed by atoms with Crippen LogP contribution < -0.4 is 0 Å². The molecule has 2 aromatic rings. The number of aryl methyl sites for hydroxylation is 1. The van der Waals surface area contributed by atoms with E-state index in [1.165, 1.54) is 28.6 Å². The van der Waals surface area contributed by atoms with E-state index in [0.717, 1.165) is 12.8 Å². The van der Waals surface area contributed by atoms with Crippen molar-refractivity contribution in [2.45, 2.75) is 31.6 Å². The molecule has 1 aromatic heterocycles. The van der Waals surface area contributed by atoms with Gasteiger partial charge in [-0.15, -0.1) is 0 Å². The summed E-state index contributed by atoms with van der Waals surface area (Å²) in [5.74, 6) is 0.150. The summed E-state index contributed by atoms with van der Waals surface area (Å²) in [5, 5.41) is 3.95. The van der Waals surface area contributed by atoms with Gasteiger partial charge in [-0.3, -0.25) is 0 Å². The van der Waals surface area contributed by atoms with Gasteiger partial charge in [-0.25, -0.2) is 12.8 Å². The molecule has 0 saturated carbocycles. The third-order valence-electron chi connectivity index (χ3n) is 3.81. The molecule has 0 N–H and O–H groups in total. The predicted octanol–water partition coefficient (Wildman–Crippen LogP) is 2.79. The fourth-order valence-corrected chi connectivity index (χ4v) is 4.57. The van der Waals surface area contributed by atoms with Crippen molar-refractivity contribution >= 4 is 10.0 Å². The van der Waals surface area contributed by atoms with Crippen LogP contribution in [0.25, 0.3) is 0 Å². The Labute approximate surface area is 128 Å². The minimum absolute atomic E-state index is 0.138. The molecule has 1 aromatic carbocycles. The summed E-state index contributed by atoms with van der Waals surface area (Å²) in [7, 11) is -3.48. The summed E-state index contributed by atoms with van der Waals surface area (Å²) >= 11 is 0. The highest BCUT2D eigenvalue weighted by molar-refractivity contribution is 7.88. The van der Waals surface area contributed by atoms with Crippen molar-refractivity contribution in [3.8, 4) is 0 Å². The maximum Gasteiger partial charge on any atom is 0.218 e. The largest absolute Gasteiger partial charge is 0.361 e. The second kappa shape index (κ2) is 5.81. The van der Waals surface area contributed by atoms with Gasteiger partial charge in [0.1, 0.15) is 17.3 Å². The molecule has 1 aliphatic heterocycles. The molecular formula is C15H17FN2O3S. The van der Waals surface area contributed by atoms with Crippen LogP contribution in [0.2, 0.25) is 0 Å². The van der Waals surface area contributed by atoms with Crippen molar-refractivity contribution in [2.24, 2.45) is 0 Å². The number of halogens is 1. The number of sulfonamides is 1. The summed E-state index contributed by atoms with van der Waals surface area (Å²) < 4.78 is 44.8. The van der Waals surface area contributed by atoms with Crippen LogP contribution in [0, 0.1) is 12.7 Å². The van der Waals surface area contributed by atoms with Crippen LogP contribution in [0.15, 0.2) is 34.9 Å². The van der Waals surface area contributed by atoms with Gasteiger partial charge in [0, 0.05) is 12.6 Å². The van der Waals surface area contributed by atoms with Gasteiger partial charge >= 0.3 is 0 Å². The zero-order valence-corrected chi connectivity index (χ0v) is 13.0. The topological polar surface area (TPSA) is 63.4 Å². The van der Waals surface area contributed by atoms with E-state index in [2.05, 4.69) is 5.16 Å². The van der Waals surface area contributed by atoms with Gasteiger partial charge in [0.05, 0.1) is 11.8 Å². The lowest BCUT2D eigenvalue weighted by atomic mass is 10.1. The minimum Gasteiger partial charge on any atom is -0.361 e. The molecule has 0 spiro atoms. The van der Waals surface area contributed by atoms with Gasteiger partial charge in [0.25, 0.3) is 0 Å². The molecule has 0 radical (unpaired) electrons. The van der Waals surface area contributed by atoms with E-state index in [9.17, 15) is 12.8 Å². The van der Waals surface area contributed by atoms with E-state index in [1.54, 1.807) is 13.0 Å². The van der Waals surface area contributed by atoms with Crippen LogP contribution in [0.4, 0.5) is 4.39 Å². The van der Waals surface area contributed by atoms with Gasteiger partial charge in [-0.1, -0.05) is 17.3 Å². The van der Waals surface area contributed by atoms with Crippen molar-refractivity contribution in [3.05, 3.63) is 53.2 Å². The molecule has 7 heteroatoms. The molecule has 118 valence electrons. The van der Waals surface area contributed by atoms with Crippen LogP contribution >= 0.6 is 0 Å². The maximum absolute atomic E-state index is 12.9. The van der Waals surface area contributed by atoms with Crippen molar-refractivity contribution in [2.75, 3.05) is 6.54 Å². The zero-order valence-electron chi connectivity index (χ0n) is 12.2. The quantitative estimate of drug-likeness (QED) is 0.867.